The highest BCUT2D eigenvalue weighted by Gasteiger charge is 2.41. The molecule has 1 aliphatic heterocycles. The van der Waals surface area contributed by atoms with Crippen molar-refractivity contribution in [1.82, 2.24) is 0 Å². The molecule has 0 bridgehead atoms. The van der Waals surface area contributed by atoms with Gasteiger partial charge in [-0.3, -0.25) is 0 Å². The lowest BCUT2D eigenvalue weighted by Gasteiger charge is -2.35. The molecule has 0 saturated heterocycles. The fourth-order valence-electron chi connectivity index (χ4n) is 3.74. The van der Waals surface area contributed by atoms with Crippen molar-refractivity contribution >= 4 is 11.9 Å². The number of aryl methyl sites for hydroxylation is 1. The number of allylic oxidation sites excluding steroid dienone is 1. The molecular weight excluding hydrogens is 396 g/mol. The van der Waals surface area contributed by atoms with E-state index in [1.807, 2.05) is 30.3 Å². The number of rotatable bonds is 7. The Balaban J connectivity index is 2.25. The van der Waals surface area contributed by atoms with E-state index in [9.17, 15) is 14.7 Å². The van der Waals surface area contributed by atoms with Crippen molar-refractivity contribution in [3.8, 4) is 11.5 Å². The summed E-state index contributed by atoms with van der Waals surface area (Å²) in [6, 6.07) is 9.68. The van der Waals surface area contributed by atoms with E-state index < -0.39 is 17.7 Å². The minimum Gasteiger partial charge on any atom is -0.507 e. The van der Waals surface area contributed by atoms with E-state index in [4.69, 9.17) is 14.2 Å². The number of aromatic hydroxyl groups is 1. The molecule has 31 heavy (non-hydrogen) atoms. The Morgan fingerprint density at radius 1 is 1.13 bits per heavy atom. The van der Waals surface area contributed by atoms with Crippen molar-refractivity contribution in [2.75, 3.05) is 6.61 Å². The second-order valence-corrected chi connectivity index (χ2v) is 8.12. The first-order valence-corrected chi connectivity index (χ1v) is 10.3. The molecule has 0 spiro atoms. The van der Waals surface area contributed by atoms with Gasteiger partial charge in [0.15, 0.2) is 0 Å². The first kappa shape index (κ1) is 22.4. The normalized spacial score (nSPS) is 14.3. The third kappa shape index (κ3) is 4.74. The summed E-state index contributed by atoms with van der Waals surface area (Å²) in [7, 11) is 0. The van der Waals surface area contributed by atoms with Gasteiger partial charge in [-0.05, 0) is 37.8 Å². The summed E-state index contributed by atoms with van der Waals surface area (Å²) >= 11 is 0. The standard InChI is InChI=1S/C25H28O6/c1-6-29-23(27)19-17(13-12-16-10-8-7-9-11-16)20-22(18(21(19)26)14-15(2)3)30-25(4,5)31-24(20)28/h7-11,26H,2,6,12-14H2,1,3-5H3. The third-order valence-electron chi connectivity index (χ3n) is 4.98. The molecule has 2 aromatic carbocycles. The lowest BCUT2D eigenvalue weighted by atomic mass is 9.88. The number of cyclic esters (lactones) is 1. The van der Waals surface area contributed by atoms with Gasteiger partial charge in [-0.15, -0.1) is 0 Å². The maximum absolute atomic E-state index is 13.1. The second-order valence-electron chi connectivity index (χ2n) is 8.12. The molecule has 164 valence electrons. The van der Waals surface area contributed by atoms with Gasteiger partial charge in [0, 0.05) is 25.8 Å². The van der Waals surface area contributed by atoms with E-state index in [0.717, 1.165) is 11.1 Å². The quantitative estimate of drug-likeness (QED) is 0.510. The van der Waals surface area contributed by atoms with E-state index in [1.165, 1.54) is 0 Å². The van der Waals surface area contributed by atoms with Crippen LogP contribution in [0.1, 0.15) is 65.1 Å². The summed E-state index contributed by atoms with van der Waals surface area (Å²) in [5, 5.41) is 11.2. The Morgan fingerprint density at radius 2 is 1.81 bits per heavy atom. The van der Waals surface area contributed by atoms with Crippen LogP contribution in [0.25, 0.3) is 0 Å². The number of esters is 2. The fourth-order valence-corrected chi connectivity index (χ4v) is 3.74. The van der Waals surface area contributed by atoms with Gasteiger partial charge in [-0.2, -0.15) is 0 Å². The third-order valence-corrected chi connectivity index (χ3v) is 4.98. The Kier molecular flexibility index (Phi) is 6.39. The van der Waals surface area contributed by atoms with Gasteiger partial charge in [0.05, 0.1) is 6.61 Å². The van der Waals surface area contributed by atoms with Crippen molar-refractivity contribution in [1.29, 1.82) is 0 Å². The molecule has 1 N–H and O–H groups in total. The van der Waals surface area contributed by atoms with Crippen molar-refractivity contribution < 1.29 is 28.9 Å². The minimum absolute atomic E-state index is 0.0203. The van der Waals surface area contributed by atoms with E-state index in [2.05, 4.69) is 6.58 Å². The second kappa shape index (κ2) is 8.84. The molecule has 0 atom stereocenters. The molecule has 0 saturated carbocycles. The number of phenols is 1. The first-order valence-electron chi connectivity index (χ1n) is 10.3. The van der Waals surface area contributed by atoms with Crippen molar-refractivity contribution in [2.24, 2.45) is 0 Å². The smallest absolute Gasteiger partial charge is 0.345 e. The molecule has 3 rings (SSSR count). The van der Waals surface area contributed by atoms with Gasteiger partial charge in [-0.25, -0.2) is 9.59 Å². The summed E-state index contributed by atoms with van der Waals surface area (Å²) in [6.45, 7) is 10.8. The van der Waals surface area contributed by atoms with Gasteiger partial charge < -0.3 is 19.3 Å². The van der Waals surface area contributed by atoms with Crippen LogP contribution in [-0.2, 0) is 28.7 Å². The number of carbonyl (C=O) groups excluding carboxylic acids is 2. The van der Waals surface area contributed by atoms with Gasteiger partial charge >= 0.3 is 11.9 Å². The maximum Gasteiger partial charge on any atom is 0.345 e. The Hall–Kier alpha value is -3.28. The van der Waals surface area contributed by atoms with E-state index in [0.29, 0.717) is 24.0 Å². The molecule has 0 radical (unpaired) electrons. The number of ether oxygens (including phenoxy) is 3. The van der Waals surface area contributed by atoms with Crippen LogP contribution < -0.4 is 4.74 Å². The van der Waals surface area contributed by atoms with Crippen LogP contribution in [0.5, 0.6) is 11.5 Å². The highest BCUT2D eigenvalue weighted by molar-refractivity contribution is 6.03. The lowest BCUT2D eigenvalue weighted by molar-refractivity contribution is -0.128. The summed E-state index contributed by atoms with van der Waals surface area (Å²) in [5.41, 5.74) is 2.60. The SMILES string of the molecule is C=C(C)Cc1c(O)c(C(=O)OCC)c(CCc2ccccc2)c2c1OC(C)(C)OC2=O. The fraction of sp³-hybridized carbons (Fsp3) is 0.360. The molecule has 6 heteroatoms. The zero-order valence-electron chi connectivity index (χ0n) is 18.4. The number of hydrogen-bond donors (Lipinski definition) is 1. The van der Waals surface area contributed by atoms with Gasteiger partial charge in [-0.1, -0.05) is 42.5 Å². The summed E-state index contributed by atoms with van der Waals surface area (Å²) in [5.74, 6) is -2.50. The first-order chi connectivity index (χ1) is 14.6. The molecular formula is C25H28O6. The number of carbonyl (C=O) groups is 2. The van der Waals surface area contributed by atoms with Crippen LogP contribution in [0, 0.1) is 0 Å². The van der Waals surface area contributed by atoms with Crippen LogP contribution in [0.2, 0.25) is 0 Å². The molecule has 0 aliphatic carbocycles. The lowest BCUT2D eigenvalue weighted by Crippen LogP contribution is -2.40. The zero-order chi connectivity index (χ0) is 22.8. The number of hydrogen-bond acceptors (Lipinski definition) is 6. The number of fused-ring (bicyclic) bond motifs is 1. The Bertz CT molecular complexity index is 1020. The van der Waals surface area contributed by atoms with Gasteiger partial charge in [0.2, 0.25) is 5.79 Å². The number of benzene rings is 2. The van der Waals surface area contributed by atoms with Crippen LogP contribution in [-0.4, -0.2) is 29.4 Å². The van der Waals surface area contributed by atoms with E-state index >= 15 is 0 Å². The molecule has 1 heterocycles. The topological polar surface area (TPSA) is 82.1 Å². The predicted octanol–water partition coefficient (Wildman–Crippen LogP) is 4.76. The summed E-state index contributed by atoms with van der Waals surface area (Å²) < 4.78 is 16.7. The van der Waals surface area contributed by atoms with Gasteiger partial charge in [0.1, 0.15) is 22.6 Å². The van der Waals surface area contributed by atoms with Crippen molar-refractivity contribution in [3.63, 3.8) is 0 Å². The summed E-state index contributed by atoms with van der Waals surface area (Å²) in [6.07, 6.45) is 1.11. The average Bonchev–Trinajstić information content (AvgIpc) is 2.68. The monoisotopic (exact) mass is 424 g/mol. The van der Waals surface area contributed by atoms with Crippen molar-refractivity contribution in [2.45, 2.75) is 52.7 Å². The maximum atomic E-state index is 13.1. The van der Waals surface area contributed by atoms with Crippen LogP contribution in [0.3, 0.4) is 0 Å². The predicted molar refractivity (Wildman–Crippen MR) is 117 cm³/mol. The molecule has 0 amide bonds. The van der Waals surface area contributed by atoms with Gasteiger partial charge in [0.25, 0.3) is 0 Å². The van der Waals surface area contributed by atoms with Crippen LogP contribution in [0.15, 0.2) is 42.5 Å². The largest absolute Gasteiger partial charge is 0.507 e. The van der Waals surface area contributed by atoms with E-state index in [-0.39, 0.29) is 35.7 Å². The molecule has 1 aliphatic rings. The molecule has 0 fully saturated rings. The molecule has 0 aromatic heterocycles. The highest BCUT2D eigenvalue weighted by atomic mass is 16.7. The Labute approximate surface area is 182 Å². The number of phenolic OH excluding ortho intramolecular Hbond substituents is 1. The summed E-state index contributed by atoms with van der Waals surface area (Å²) in [4.78, 5) is 25.9. The Morgan fingerprint density at radius 3 is 2.42 bits per heavy atom. The zero-order valence-corrected chi connectivity index (χ0v) is 18.4. The molecule has 2 aromatic rings. The van der Waals surface area contributed by atoms with Crippen LogP contribution >= 0.6 is 0 Å². The van der Waals surface area contributed by atoms with Crippen LogP contribution in [0.4, 0.5) is 0 Å². The minimum atomic E-state index is -1.21. The molecule has 6 nitrogen and oxygen atoms in total. The highest BCUT2D eigenvalue weighted by Crippen LogP contribution is 2.45. The van der Waals surface area contributed by atoms with Crippen molar-refractivity contribution in [3.05, 3.63) is 70.3 Å². The average molecular weight is 424 g/mol. The van der Waals surface area contributed by atoms with E-state index in [1.54, 1.807) is 27.7 Å². The molecule has 0 unspecified atom stereocenters.